The van der Waals surface area contributed by atoms with Crippen LogP contribution in [0.3, 0.4) is 0 Å². The van der Waals surface area contributed by atoms with Gasteiger partial charge in [0.2, 0.25) is 0 Å². The second-order valence-corrected chi connectivity index (χ2v) is 7.69. The molecule has 0 fully saturated rings. The van der Waals surface area contributed by atoms with Gasteiger partial charge in [0.05, 0.1) is 16.6 Å². The highest BCUT2D eigenvalue weighted by Gasteiger charge is 2.20. The SMILES string of the molecule is Cc1ccc(-n2nc(-c3cccs3)cc2C(=O)NC(C)c2ccccc2)cc1. The molecule has 0 saturated carbocycles. The Kier molecular flexibility index (Phi) is 5.08. The molecule has 1 atom stereocenters. The lowest BCUT2D eigenvalue weighted by Crippen LogP contribution is -2.28. The lowest BCUT2D eigenvalue weighted by atomic mass is 10.1. The monoisotopic (exact) mass is 387 g/mol. The molecule has 28 heavy (non-hydrogen) atoms. The van der Waals surface area contributed by atoms with E-state index in [4.69, 9.17) is 5.10 Å². The Balaban J connectivity index is 1.70. The van der Waals surface area contributed by atoms with Crippen molar-refractivity contribution in [3.05, 3.63) is 95.0 Å². The van der Waals surface area contributed by atoms with Gasteiger partial charge in [0.25, 0.3) is 5.91 Å². The lowest BCUT2D eigenvalue weighted by Gasteiger charge is -2.15. The zero-order valence-electron chi connectivity index (χ0n) is 15.8. The lowest BCUT2D eigenvalue weighted by molar-refractivity contribution is 0.0932. The highest BCUT2D eigenvalue weighted by Crippen LogP contribution is 2.26. The Hall–Kier alpha value is -3.18. The van der Waals surface area contributed by atoms with E-state index in [-0.39, 0.29) is 11.9 Å². The molecular weight excluding hydrogens is 366 g/mol. The van der Waals surface area contributed by atoms with Crippen LogP contribution < -0.4 is 5.32 Å². The number of carbonyl (C=O) groups is 1. The first-order valence-electron chi connectivity index (χ1n) is 9.18. The van der Waals surface area contributed by atoms with Crippen LogP contribution in [0, 0.1) is 6.92 Å². The summed E-state index contributed by atoms with van der Waals surface area (Å²) < 4.78 is 1.72. The molecule has 1 N–H and O–H groups in total. The van der Waals surface area contributed by atoms with Gasteiger partial charge < -0.3 is 5.32 Å². The fraction of sp³-hybridized carbons (Fsp3) is 0.130. The fourth-order valence-corrected chi connectivity index (χ4v) is 3.75. The molecule has 0 aliphatic heterocycles. The quantitative estimate of drug-likeness (QED) is 0.498. The maximum Gasteiger partial charge on any atom is 0.270 e. The second kappa shape index (κ2) is 7.82. The van der Waals surface area contributed by atoms with Gasteiger partial charge in [0.15, 0.2) is 0 Å². The van der Waals surface area contributed by atoms with Crippen molar-refractivity contribution in [3.8, 4) is 16.3 Å². The third-order valence-corrected chi connectivity index (χ3v) is 5.53. The van der Waals surface area contributed by atoms with Gasteiger partial charge >= 0.3 is 0 Å². The standard InChI is InChI=1S/C23H21N3OS/c1-16-10-12-19(13-11-16)26-21(15-20(25-26)22-9-6-14-28-22)23(27)24-17(2)18-7-4-3-5-8-18/h3-15,17H,1-2H3,(H,24,27). The van der Waals surface area contributed by atoms with Gasteiger partial charge in [-0.2, -0.15) is 5.10 Å². The normalized spacial score (nSPS) is 11.9. The van der Waals surface area contributed by atoms with Gasteiger partial charge in [-0.05, 0) is 49.1 Å². The minimum absolute atomic E-state index is 0.0970. The molecule has 0 aliphatic carbocycles. The van der Waals surface area contributed by atoms with E-state index in [0.29, 0.717) is 5.69 Å². The summed E-state index contributed by atoms with van der Waals surface area (Å²) in [5.41, 5.74) is 4.42. The Morgan fingerprint density at radius 1 is 1.04 bits per heavy atom. The second-order valence-electron chi connectivity index (χ2n) is 6.75. The van der Waals surface area contributed by atoms with Gasteiger partial charge in [-0.3, -0.25) is 4.79 Å². The maximum atomic E-state index is 13.1. The van der Waals surface area contributed by atoms with E-state index in [9.17, 15) is 4.79 Å². The number of nitrogens with zero attached hydrogens (tertiary/aromatic N) is 2. The van der Waals surface area contributed by atoms with E-state index in [1.54, 1.807) is 16.0 Å². The van der Waals surface area contributed by atoms with Crippen LogP contribution in [0.4, 0.5) is 0 Å². The molecule has 1 unspecified atom stereocenters. The molecule has 4 aromatic rings. The molecule has 140 valence electrons. The van der Waals surface area contributed by atoms with Gasteiger partial charge in [-0.25, -0.2) is 4.68 Å². The van der Waals surface area contributed by atoms with Crippen molar-refractivity contribution < 1.29 is 4.79 Å². The van der Waals surface area contributed by atoms with E-state index in [1.807, 2.05) is 92.0 Å². The minimum atomic E-state index is -0.146. The zero-order valence-corrected chi connectivity index (χ0v) is 16.6. The number of hydrogen-bond donors (Lipinski definition) is 1. The van der Waals surface area contributed by atoms with Gasteiger partial charge in [0.1, 0.15) is 11.4 Å². The van der Waals surface area contributed by atoms with E-state index in [1.165, 1.54) is 0 Å². The van der Waals surface area contributed by atoms with Crippen LogP contribution in [-0.2, 0) is 0 Å². The molecule has 0 saturated heterocycles. The van der Waals surface area contributed by atoms with Crippen molar-refractivity contribution in [1.82, 2.24) is 15.1 Å². The molecule has 0 bridgehead atoms. The Morgan fingerprint density at radius 2 is 1.79 bits per heavy atom. The highest BCUT2D eigenvalue weighted by molar-refractivity contribution is 7.13. The molecule has 5 heteroatoms. The summed E-state index contributed by atoms with van der Waals surface area (Å²) in [6.07, 6.45) is 0. The molecular formula is C23H21N3OS. The topological polar surface area (TPSA) is 46.9 Å². The van der Waals surface area contributed by atoms with Crippen LogP contribution in [0.15, 0.2) is 78.2 Å². The summed E-state index contributed by atoms with van der Waals surface area (Å²) in [5, 5.41) is 9.83. The van der Waals surface area contributed by atoms with Crippen LogP contribution >= 0.6 is 11.3 Å². The van der Waals surface area contributed by atoms with Crippen LogP contribution in [0.5, 0.6) is 0 Å². The predicted molar refractivity (Wildman–Crippen MR) is 114 cm³/mol. The van der Waals surface area contributed by atoms with Crippen LogP contribution in [-0.4, -0.2) is 15.7 Å². The number of benzene rings is 2. The predicted octanol–water partition coefficient (Wildman–Crippen LogP) is 5.40. The van der Waals surface area contributed by atoms with Crippen molar-refractivity contribution in [1.29, 1.82) is 0 Å². The average molecular weight is 388 g/mol. The van der Waals surface area contributed by atoms with Crippen LogP contribution in [0.25, 0.3) is 16.3 Å². The smallest absolute Gasteiger partial charge is 0.270 e. The number of aromatic nitrogens is 2. The molecule has 4 rings (SSSR count). The van der Waals surface area contributed by atoms with Gasteiger partial charge in [-0.15, -0.1) is 11.3 Å². The Labute approximate surface area is 168 Å². The van der Waals surface area contributed by atoms with E-state index in [0.717, 1.165) is 27.4 Å². The summed E-state index contributed by atoms with van der Waals surface area (Å²) in [6.45, 7) is 4.03. The summed E-state index contributed by atoms with van der Waals surface area (Å²) in [5.74, 6) is -0.146. The first-order chi connectivity index (χ1) is 13.6. The fourth-order valence-electron chi connectivity index (χ4n) is 3.07. The first kappa shape index (κ1) is 18.2. The molecule has 1 amide bonds. The highest BCUT2D eigenvalue weighted by atomic mass is 32.1. The Morgan fingerprint density at radius 3 is 2.46 bits per heavy atom. The zero-order chi connectivity index (χ0) is 19.5. The minimum Gasteiger partial charge on any atom is -0.344 e. The van der Waals surface area contributed by atoms with Crippen LogP contribution in [0.1, 0.15) is 34.6 Å². The summed E-state index contributed by atoms with van der Waals surface area (Å²) in [6, 6.07) is 23.7. The number of carbonyl (C=O) groups excluding carboxylic acids is 1. The largest absolute Gasteiger partial charge is 0.344 e. The van der Waals surface area contributed by atoms with Gasteiger partial charge in [0, 0.05) is 0 Å². The molecule has 0 spiro atoms. The Bertz CT molecular complexity index is 1070. The third kappa shape index (κ3) is 3.75. The molecule has 2 aromatic heterocycles. The molecule has 2 aromatic carbocycles. The number of hydrogen-bond acceptors (Lipinski definition) is 3. The van der Waals surface area contributed by atoms with Crippen molar-refractivity contribution in [2.75, 3.05) is 0 Å². The number of amides is 1. The summed E-state index contributed by atoms with van der Waals surface area (Å²) >= 11 is 1.61. The number of aryl methyl sites for hydroxylation is 1. The number of rotatable bonds is 5. The van der Waals surface area contributed by atoms with Crippen molar-refractivity contribution >= 4 is 17.2 Å². The molecule has 0 aliphatic rings. The summed E-state index contributed by atoms with van der Waals surface area (Å²) in [4.78, 5) is 14.1. The number of nitrogens with one attached hydrogen (secondary N) is 1. The number of thiophene rings is 1. The van der Waals surface area contributed by atoms with Gasteiger partial charge in [-0.1, -0.05) is 54.1 Å². The van der Waals surface area contributed by atoms with Crippen molar-refractivity contribution in [3.63, 3.8) is 0 Å². The molecule has 2 heterocycles. The van der Waals surface area contributed by atoms with Crippen LogP contribution in [0.2, 0.25) is 0 Å². The van der Waals surface area contributed by atoms with Crippen molar-refractivity contribution in [2.24, 2.45) is 0 Å². The van der Waals surface area contributed by atoms with E-state index < -0.39 is 0 Å². The van der Waals surface area contributed by atoms with E-state index in [2.05, 4.69) is 5.32 Å². The molecule has 4 nitrogen and oxygen atoms in total. The first-order valence-corrected chi connectivity index (χ1v) is 10.1. The summed E-state index contributed by atoms with van der Waals surface area (Å²) in [7, 11) is 0. The van der Waals surface area contributed by atoms with E-state index >= 15 is 0 Å². The maximum absolute atomic E-state index is 13.1. The average Bonchev–Trinajstić information content (AvgIpc) is 3.39. The third-order valence-electron chi connectivity index (χ3n) is 4.64. The molecule has 0 radical (unpaired) electrons. The van der Waals surface area contributed by atoms with Crippen molar-refractivity contribution in [2.45, 2.75) is 19.9 Å².